The van der Waals surface area contributed by atoms with Gasteiger partial charge in [0.15, 0.2) is 0 Å². The fourth-order valence-electron chi connectivity index (χ4n) is 2.57. The average Bonchev–Trinajstić information content (AvgIpc) is 3.13. The number of rotatable bonds is 6. The Morgan fingerprint density at radius 3 is 3.00 bits per heavy atom. The van der Waals surface area contributed by atoms with Crippen LogP contribution >= 0.6 is 0 Å². The van der Waals surface area contributed by atoms with Gasteiger partial charge < -0.3 is 15.4 Å². The van der Waals surface area contributed by atoms with Crippen molar-refractivity contribution in [1.29, 1.82) is 0 Å². The van der Waals surface area contributed by atoms with Crippen LogP contribution in [0.4, 0.5) is 0 Å². The first kappa shape index (κ1) is 15.7. The van der Waals surface area contributed by atoms with Crippen LogP contribution in [0.2, 0.25) is 0 Å². The van der Waals surface area contributed by atoms with Gasteiger partial charge in [0, 0.05) is 17.1 Å². The van der Waals surface area contributed by atoms with E-state index >= 15 is 0 Å². The van der Waals surface area contributed by atoms with Gasteiger partial charge in [0.25, 0.3) is 0 Å². The van der Waals surface area contributed by atoms with E-state index in [2.05, 4.69) is 20.6 Å². The van der Waals surface area contributed by atoms with Gasteiger partial charge in [-0.3, -0.25) is 9.59 Å². The van der Waals surface area contributed by atoms with Crippen LogP contribution in [0.3, 0.4) is 0 Å². The number of carboxylic acid groups (broad SMARTS) is 1. The van der Waals surface area contributed by atoms with Gasteiger partial charge in [-0.15, -0.1) is 5.10 Å². The summed E-state index contributed by atoms with van der Waals surface area (Å²) in [7, 11) is 0. The Hall–Kier alpha value is -3.16. The van der Waals surface area contributed by atoms with Crippen LogP contribution in [0, 0.1) is 6.92 Å². The predicted octanol–water partition coefficient (Wildman–Crippen LogP) is 1.01. The molecule has 0 fully saturated rings. The number of fused-ring (bicyclic) bond motifs is 1. The molecule has 2 aromatic heterocycles. The zero-order valence-corrected chi connectivity index (χ0v) is 13.1. The molecule has 3 aromatic rings. The van der Waals surface area contributed by atoms with Crippen LogP contribution in [0.5, 0.6) is 0 Å². The van der Waals surface area contributed by atoms with Crippen LogP contribution in [-0.4, -0.2) is 37.0 Å². The first-order valence-corrected chi connectivity index (χ1v) is 7.46. The van der Waals surface area contributed by atoms with E-state index in [9.17, 15) is 9.59 Å². The fraction of sp³-hybridized carbons (Fsp3) is 0.250. The molecular formula is C16H17N5O3. The minimum Gasteiger partial charge on any atom is -0.480 e. The van der Waals surface area contributed by atoms with E-state index in [0.717, 1.165) is 22.0 Å². The number of carbonyl (C=O) groups is 2. The Morgan fingerprint density at radius 2 is 2.21 bits per heavy atom. The number of benzene rings is 1. The molecule has 0 aliphatic carbocycles. The number of carbonyl (C=O) groups excluding carboxylic acids is 1. The standard InChI is InChI=1S/C16H17N5O3/c1-10-3-2-4-13-11(6-18-16(10)13)5-14(22)17-7-12-8-21(20-19-12)9-15(23)24/h2-4,6,8,18H,5,7,9H2,1H3,(H,17,22)(H,23,24). The molecule has 0 saturated heterocycles. The Balaban J connectivity index is 1.60. The molecule has 0 radical (unpaired) electrons. The summed E-state index contributed by atoms with van der Waals surface area (Å²) in [6, 6.07) is 5.97. The van der Waals surface area contributed by atoms with Gasteiger partial charge in [-0.2, -0.15) is 0 Å². The highest BCUT2D eigenvalue weighted by Gasteiger charge is 2.11. The fourth-order valence-corrected chi connectivity index (χ4v) is 2.57. The molecule has 1 amide bonds. The highest BCUT2D eigenvalue weighted by molar-refractivity contribution is 5.90. The summed E-state index contributed by atoms with van der Waals surface area (Å²) in [6.07, 6.45) is 3.61. The van der Waals surface area contributed by atoms with Crippen molar-refractivity contribution in [3.63, 3.8) is 0 Å². The van der Waals surface area contributed by atoms with Crippen molar-refractivity contribution in [2.45, 2.75) is 26.4 Å². The van der Waals surface area contributed by atoms with Crippen LogP contribution in [0.25, 0.3) is 10.9 Å². The summed E-state index contributed by atoms with van der Waals surface area (Å²) in [4.78, 5) is 25.9. The number of aryl methyl sites for hydroxylation is 1. The minimum absolute atomic E-state index is 0.134. The van der Waals surface area contributed by atoms with Crippen molar-refractivity contribution in [2.24, 2.45) is 0 Å². The van der Waals surface area contributed by atoms with Gasteiger partial charge in [-0.05, 0) is 18.1 Å². The molecule has 8 nitrogen and oxygen atoms in total. The lowest BCUT2D eigenvalue weighted by atomic mass is 10.1. The molecule has 0 unspecified atom stereocenters. The first-order chi connectivity index (χ1) is 11.5. The molecule has 0 saturated carbocycles. The Bertz CT molecular complexity index is 896. The first-order valence-electron chi connectivity index (χ1n) is 7.46. The Labute approximate surface area is 137 Å². The van der Waals surface area contributed by atoms with Crippen molar-refractivity contribution in [3.8, 4) is 0 Å². The van der Waals surface area contributed by atoms with Crippen molar-refractivity contribution in [3.05, 3.63) is 47.4 Å². The van der Waals surface area contributed by atoms with E-state index in [1.807, 2.05) is 31.3 Å². The van der Waals surface area contributed by atoms with Gasteiger partial charge in [0.05, 0.1) is 19.2 Å². The van der Waals surface area contributed by atoms with E-state index in [-0.39, 0.29) is 25.4 Å². The molecule has 3 N–H and O–H groups in total. The molecule has 1 aromatic carbocycles. The Morgan fingerprint density at radius 1 is 1.38 bits per heavy atom. The monoisotopic (exact) mass is 327 g/mol. The molecule has 0 bridgehead atoms. The molecule has 124 valence electrons. The SMILES string of the molecule is Cc1cccc2c(CC(=O)NCc3cn(CC(=O)O)nn3)c[nH]c12. The second-order valence-electron chi connectivity index (χ2n) is 5.57. The highest BCUT2D eigenvalue weighted by Crippen LogP contribution is 2.21. The third-order valence-electron chi connectivity index (χ3n) is 3.71. The van der Waals surface area contributed by atoms with Crippen molar-refractivity contribution in [1.82, 2.24) is 25.3 Å². The normalized spacial score (nSPS) is 10.9. The van der Waals surface area contributed by atoms with Crippen LogP contribution < -0.4 is 5.32 Å². The molecule has 24 heavy (non-hydrogen) atoms. The number of hydrogen-bond acceptors (Lipinski definition) is 4. The maximum Gasteiger partial charge on any atom is 0.325 e. The van der Waals surface area contributed by atoms with E-state index in [1.165, 1.54) is 10.9 Å². The van der Waals surface area contributed by atoms with Crippen LogP contribution in [0.1, 0.15) is 16.8 Å². The quantitative estimate of drug-likeness (QED) is 0.625. The minimum atomic E-state index is -0.995. The molecule has 3 rings (SSSR count). The Kier molecular flexibility index (Phi) is 4.28. The summed E-state index contributed by atoms with van der Waals surface area (Å²) in [5.41, 5.74) is 3.62. The number of hydrogen-bond donors (Lipinski definition) is 3. The average molecular weight is 327 g/mol. The van der Waals surface area contributed by atoms with Crippen molar-refractivity contribution >= 4 is 22.8 Å². The highest BCUT2D eigenvalue weighted by atomic mass is 16.4. The summed E-state index contributed by atoms with van der Waals surface area (Å²) < 4.78 is 1.21. The van der Waals surface area contributed by atoms with Crippen molar-refractivity contribution < 1.29 is 14.7 Å². The summed E-state index contributed by atoms with van der Waals surface area (Å²) in [5.74, 6) is -1.13. The van der Waals surface area contributed by atoms with E-state index in [1.54, 1.807) is 0 Å². The maximum atomic E-state index is 12.1. The van der Waals surface area contributed by atoms with E-state index in [4.69, 9.17) is 5.11 Å². The topological polar surface area (TPSA) is 113 Å². The lowest BCUT2D eigenvalue weighted by Crippen LogP contribution is -2.24. The van der Waals surface area contributed by atoms with Crippen LogP contribution in [-0.2, 0) is 29.1 Å². The van der Waals surface area contributed by atoms with Gasteiger partial charge in [-0.1, -0.05) is 23.4 Å². The number of nitrogens with zero attached hydrogens (tertiary/aromatic N) is 3. The number of nitrogens with one attached hydrogen (secondary N) is 2. The number of carboxylic acids is 1. The maximum absolute atomic E-state index is 12.1. The number of para-hydroxylation sites is 1. The largest absolute Gasteiger partial charge is 0.480 e. The summed E-state index contributed by atoms with van der Waals surface area (Å²) >= 11 is 0. The van der Waals surface area contributed by atoms with Gasteiger partial charge >= 0.3 is 5.97 Å². The number of H-pyrrole nitrogens is 1. The molecule has 2 heterocycles. The second-order valence-corrected chi connectivity index (χ2v) is 5.57. The number of amides is 1. The zero-order valence-electron chi connectivity index (χ0n) is 13.1. The number of aliphatic carboxylic acids is 1. The molecule has 0 aliphatic rings. The van der Waals surface area contributed by atoms with Gasteiger partial charge in [-0.25, -0.2) is 4.68 Å². The third-order valence-corrected chi connectivity index (χ3v) is 3.71. The molecule has 0 aliphatic heterocycles. The predicted molar refractivity (Wildman–Crippen MR) is 86.2 cm³/mol. The van der Waals surface area contributed by atoms with E-state index in [0.29, 0.717) is 5.69 Å². The number of aromatic amines is 1. The zero-order chi connectivity index (χ0) is 17.1. The smallest absolute Gasteiger partial charge is 0.325 e. The lowest BCUT2D eigenvalue weighted by Gasteiger charge is -2.03. The van der Waals surface area contributed by atoms with E-state index < -0.39 is 5.97 Å². The summed E-state index contributed by atoms with van der Waals surface area (Å²) in [6.45, 7) is 1.97. The summed E-state index contributed by atoms with van der Waals surface area (Å²) in [5, 5.41) is 20.0. The third kappa shape index (κ3) is 3.43. The molecule has 8 heteroatoms. The van der Waals surface area contributed by atoms with Crippen molar-refractivity contribution in [2.75, 3.05) is 0 Å². The molecular weight excluding hydrogens is 310 g/mol. The lowest BCUT2D eigenvalue weighted by molar-refractivity contribution is -0.138. The molecule has 0 atom stereocenters. The van der Waals surface area contributed by atoms with Crippen LogP contribution in [0.15, 0.2) is 30.6 Å². The van der Waals surface area contributed by atoms with Gasteiger partial charge in [0.2, 0.25) is 5.91 Å². The van der Waals surface area contributed by atoms with Gasteiger partial charge in [0.1, 0.15) is 12.2 Å². The second kappa shape index (κ2) is 6.53. The molecule has 0 spiro atoms. The number of aromatic nitrogens is 4.